The van der Waals surface area contributed by atoms with Crippen LogP contribution in [0, 0.1) is 34.5 Å². The molecule has 154 valence electrons. The summed E-state index contributed by atoms with van der Waals surface area (Å²) >= 11 is 0. The molecule has 27 heavy (non-hydrogen) atoms. The number of rotatable bonds is 7. The van der Waals surface area contributed by atoms with Crippen LogP contribution in [-0.2, 0) is 19.1 Å². The molecule has 2 atom stereocenters. The van der Waals surface area contributed by atoms with Gasteiger partial charge >= 0.3 is 11.9 Å². The number of esters is 2. The standard InChI is InChI=1S/C23H38O4/c1-7-21(4,5)20(25)26-9-8-19(24)27-23(15(2)3)17-10-16-11-18(23)14-22(6,12-16)13-17/h15-18H,7-14H2,1-6H3. The van der Waals surface area contributed by atoms with Crippen LogP contribution in [0.15, 0.2) is 0 Å². The van der Waals surface area contributed by atoms with Gasteiger partial charge in [-0.2, -0.15) is 0 Å². The summed E-state index contributed by atoms with van der Waals surface area (Å²) < 4.78 is 11.6. The van der Waals surface area contributed by atoms with Crippen LogP contribution in [0.4, 0.5) is 0 Å². The first-order chi connectivity index (χ1) is 12.5. The maximum Gasteiger partial charge on any atom is 0.311 e. The van der Waals surface area contributed by atoms with Gasteiger partial charge in [0.2, 0.25) is 0 Å². The lowest BCUT2D eigenvalue weighted by Crippen LogP contribution is -2.64. The Morgan fingerprint density at radius 2 is 1.70 bits per heavy atom. The lowest BCUT2D eigenvalue weighted by atomic mass is 9.43. The van der Waals surface area contributed by atoms with Crippen molar-refractivity contribution in [1.29, 1.82) is 0 Å². The van der Waals surface area contributed by atoms with E-state index in [1.54, 1.807) is 0 Å². The summed E-state index contributed by atoms with van der Waals surface area (Å²) in [6.45, 7) is 12.7. The number of carbonyl (C=O) groups is 2. The van der Waals surface area contributed by atoms with Crippen molar-refractivity contribution in [3.05, 3.63) is 0 Å². The molecular weight excluding hydrogens is 340 g/mol. The highest BCUT2D eigenvalue weighted by Crippen LogP contribution is 2.66. The van der Waals surface area contributed by atoms with Crippen LogP contribution in [0.5, 0.6) is 0 Å². The van der Waals surface area contributed by atoms with E-state index < -0.39 is 5.41 Å². The molecular formula is C23H38O4. The van der Waals surface area contributed by atoms with Gasteiger partial charge in [-0.15, -0.1) is 0 Å². The number of carbonyl (C=O) groups excluding carboxylic acids is 2. The van der Waals surface area contributed by atoms with Gasteiger partial charge in [-0.25, -0.2) is 0 Å². The van der Waals surface area contributed by atoms with Crippen molar-refractivity contribution in [2.45, 2.75) is 92.1 Å². The molecule has 4 aliphatic rings. The molecule has 4 bridgehead atoms. The molecule has 0 radical (unpaired) electrons. The second-order valence-corrected chi connectivity index (χ2v) is 10.8. The van der Waals surface area contributed by atoms with Gasteiger partial charge in [0.25, 0.3) is 0 Å². The highest BCUT2D eigenvalue weighted by Gasteiger charge is 2.63. The molecule has 0 saturated heterocycles. The van der Waals surface area contributed by atoms with E-state index in [1.165, 1.54) is 32.1 Å². The molecule has 4 heteroatoms. The topological polar surface area (TPSA) is 52.6 Å². The fourth-order valence-electron chi connectivity index (χ4n) is 6.43. The number of hydrogen-bond donors (Lipinski definition) is 0. The molecule has 4 aliphatic carbocycles. The summed E-state index contributed by atoms with van der Waals surface area (Å²) in [6.07, 6.45) is 7.01. The Morgan fingerprint density at radius 1 is 1.11 bits per heavy atom. The van der Waals surface area contributed by atoms with E-state index in [1.807, 2.05) is 20.8 Å². The maximum atomic E-state index is 12.7. The minimum absolute atomic E-state index is 0.116. The maximum absolute atomic E-state index is 12.7. The van der Waals surface area contributed by atoms with Crippen molar-refractivity contribution >= 4 is 11.9 Å². The van der Waals surface area contributed by atoms with Gasteiger partial charge < -0.3 is 9.47 Å². The largest absolute Gasteiger partial charge is 0.465 e. The fraction of sp³-hybridized carbons (Fsp3) is 0.913. The number of ether oxygens (including phenoxy) is 2. The van der Waals surface area contributed by atoms with Crippen LogP contribution in [-0.4, -0.2) is 24.1 Å². The van der Waals surface area contributed by atoms with Gasteiger partial charge in [0, 0.05) is 11.8 Å². The van der Waals surface area contributed by atoms with Gasteiger partial charge in [-0.3, -0.25) is 9.59 Å². The molecule has 0 aromatic carbocycles. The Morgan fingerprint density at radius 3 is 2.19 bits per heavy atom. The third kappa shape index (κ3) is 3.65. The van der Waals surface area contributed by atoms with Gasteiger partial charge in [0.05, 0.1) is 11.8 Å². The second-order valence-electron chi connectivity index (χ2n) is 10.8. The zero-order valence-electron chi connectivity index (χ0n) is 18.1. The molecule has 4 rings (SSSR count). The van der Waals surface area contributed by atoms with E-state index in [4.69, 9.17) is 9.47 Å². The Labute approximate surface area is 164 Å². The zero-order chi connectivity index (χ0) is 20.0. The van der Waals surface area contributed by atoms with Gasteiger partial charge in [-0.1, -0.05) is 27.7 Å². The summed E-state index contributed by atoms with van der Waals surface area (Å²) in [5, 5.41) is 0. The van der Waals surface area contributed by atoms with Gasteiger partial charge in [0.15, 0.2) is 0 Å². The average Bonchev–Trinajstić information content (AvgIpc) is 2.56. The van der Waals surface area contributed by atoms with Crippen LogP contribution >= 0.6 is 0 Å². The highest BCUT2D eigenvalue weighted by molar-refractivity contribution is 5.76. The van der Waals surface area contributed by atoms with E-state index in [0.29, 0.717) is 23.2 Å². The fourth-order valence-corrected chi connectivity index (χ4v) is 6.43. The molecule has 2 unspecified atom stereocenters. The Bertz CT molecular complexity index is 575. The summed E-state index contributed by atoms with van der Waals surface area (Å²) in [6, 6.07) is 0. The first-order valence-corrected chi connectivity index (χ1v) is 10.9. The van der Waals surface area contributed by atoms with E-state index in [9.17, 15) is 9.59 Å². The third-order valence-corrected chi connectivity index (χ3v) is 7.94. The molecule has 0 heterocycles. The minimum Gasteiger partial charge on any atom is -0.465 e. The van der Waals surface area contributed by atoms with Gasteiger partial charge in [0.1, 0.15) is 12.2 Å². The summed E-state index contributed by atoms with van der Waals surface area (Å²) in [5.41, 5.74) is -0.372. The minimum atomic E-state index is -0.500. The molecule has 4 fully saturated rings. The number of hydrogen-bond acceptors (Lipinski definition) is 4. The highest BCUT2D eigenvalue weighted by atomic mass is 16.6. The molecule has 4 nitrogen and oxygen atoms in total. The molecule has 0 aromatic rings. The van der Waals surface area contributed by atoms with Crippen LogP contribution in [0.1, 0.15) is 86.5 Å². The van der Waals surface area contributed by atoms with E-state index in [2.05, 4.69) is 20.8 Å². The van der Waals surface area contributed by atoms with Crippen molar-refractivity contribution in [3.63, 3.8) is 0 Å². The predicted octanol–water partition coefficient (Wildman–Crippen LogP) is 5.14. The van der Waals surface area contributed by atoms with Crippen LogP contribution < -0.4 is 0 Å². The zero-order valence-corrected chi connectivity index (χ0v) is 18.1. The summed E-state index contributed by atoms with van der Waals surface area (Å²) in [4.78, 5) is 24.8. The third-order valence-electron chi connectivity index (χ3n) is 7.94. The second kappa shape index (κ2) is 7.08. The SMILES string of the molecule is CCC(C)(C)C(=O)OCCC(=O)OC1(C(C)C)C2CC3CC1CC(C)(C3)C2. The average molecular weight is 379 g/mol. The Hall–Kier alpha value is -1.06. The van der Waals surface area contributed by atoms with Crippen LogP contribution in [0.25, 0.3) is 0 Å². The lowest BCUT2D eigenvalue weighted by Gasteiger charge is -2.65. The summed E-state index contributed by atoms with van der Waals surface area (Å²) in [7, 11) is 0. The van der Waals surface area contributed by atoms with E-state index in [-0.39, 0.29) is 30.6 Å². The van der Waals surface area contributed by atoms with Crippen molar-refractivity contribution in [2.24, 2.45) is 34.5 Å². The molecule has 0 amide bonds. The predicted molar refractivity (Wildman–Crippen MR) is 105 cm³/mol. The molecule has 0 aromatic heterocycles. The quantitative estimate of drug-likeness (QED) is 0.576. The monoisotopic (exact) mass is 378 g/mol. The molecule has 0 spiro atoms. The molecule has 4 saturated carbocycles. The van der Waals surface area contributed by atoms with E-state index >= 15 is 0 Å². The van der Waals surface area contributed by atoms with Crippen molar-refractivity contribution in [1.82, 2.24) is 0 Å². The lowest BCUT2D eigenvalue weighted by molar-refractivity contribution is -0.238. The molecule has 0 N–H and O–H groups in total. The first-order valence-electron chi connectivity index (χ1n) is 10.9. The van der Waals surface area contributed by atoms with Crippen molar-refractivity contribution in [2.75, 3.05) is 6.61 Å². The van der Waals surface area contributed by atoms with Crippen molar-refractivity contribution in [3.8, 4) is 0 Å². The Kier molecular flexibility index (Phi) is 5.42. The van der Waals surface area contributed by atoms with Crippen molar-refractivity contribution < 1.29 is 19.1 Å². The van der Waals surface area contributed by atoms with E-state index in [0.717, 1.165) is 12.3 Å². The summed E-state index contributed by atoms with van der Waals surface area (Å²) in [5.74, 6) is 1.66. The normalized spacial score (nSPS) is 37.5. The van der Waals surface area contributed by atoms with Crippen LogP contribution in [0.2, 0.25) is 0 Å². The van der Waals surface area contributed by atoms with Crippen LogP contribution in [0.3, 0.4) is 0 Å². The Balaban J connectivity index is 1.62. The first kappa shape index (κ1) is 20.7. The van der Waals surface area contributed by atoms with Gasteiger partial charge in [-0.05, 0) is 69.6 Å². The smallest absolute Gasteiger partial charge is 0.311 e. The molecule has 0 aliphatic heterocycles.